The van der Waals surface area contributed by atoms with E-state index in [-0.39, 0.29) is 22.4 Å². The third-order valence-electron chi connectivity index (χ3n) is 4.49. The Morgan fingerprint density at radius 2 is 1.77 bits per heavy atom. The first-order valence-electron chi connectivity index (χ1n) is 8.92. The van der Waals surface area contributed by atoms with Crippen molar-refractivity contribution in [1.82, 2.24) is 0 Å². The summed E-state index contributed by atoms with van der Waals surface area (Å²) in [5.41, 5.74) is 1.49. The van der Waals surface area contributed by atoms with Crippen molar-refractivity contribution in [3.63, 3.8) is 0 Å². The van der Waals surface area contributed by atoms with Crippen LogP contribution in [0.1, 0.15) is 15.9 Å². The van der Waals surface area contributed by atoms with Crippen molar-refractivity contribution >= 4 is 38.9 Å². The number of benzene rings is 3. The van der Waals surface area contributed by atoms with E-state index in [9.17, 15) is 13.2 Å². The van der Waals surface area contributed by atoms with Gasteiger partial charge in [-0.05, 0) is 55.0 Å². The molecule has 0 aromatic heterocycles. The van der Waals surface area contributed by atoms with Crippen molar-refractivity contribution in [2.45, 2.75) is 11.8 Å². The number of hydrogen-bond donors (Lipinski definition) is 2. The highest BCUT2D eigenvalue weighted by Crippen LogP contribution is 2.33. The average Bonchev–Trinajstić information content (AvgIpc) is 3.19. The van der Waals surface area contributed by atoms with Gasteiger partial charge in [0, 0.05) is 11.3 Å². The Labute approximate surface area is 178 Å². The zero-order chi connectivity index (χ0) is 21.3. The summed E-state index contributed by atoms with van der Waals surface area (Å²) in [6.45, 7) is 1.78. The molecule has 1 heterocycles. The number of carbonyl (C=O) groups is 1. The normalized spacial score (nSPS) is 12.5. The summed E-state index contributed by atoms with van der Waals surface area (Å²) in [6, 6.07) is 16.0. The Bertz CT molecular complexity index is 1240. The van der Waals surface area contributed by atoms with Crippen molar-refractivity contribution in [3.05, 3.63) is 76.8 Å². The summed E-state index contributed by atoms with van der Waals surface area (Å²) in [5.74, 6) is 0.652. The van der Waals surface area contributed by atoms with Crippen LogP contribution >= 0.6 is 11.6 Å². The minimum absolute atomic E-state index is 0.0332. The zero-order valence-electron chi connectivity index (χ0n) is 15.8. The number of rotatable bonds is 5. The number of para-hydroxylation sites is 1. The van der Waals surface area contributed by atoms with Gasteiger partial charge in [-0.3, -0.25) is 9.52 Å². The predicted molar refractivity (Wildman–Crippen MR) is 114 cm³/mol. The van der Waals surface area contributed by atoms with Gasteiger partial charge in [0.05, 0.1) is 15.6 Å². The van der Waals surface area contributed by atoms with Gasteiger partial charge < -0.3 is 14.8 Å². The number of sulfonamides is 1. The van der Waals surface area contributed by atoms with Gasteiger partial charge in [-0.25, -0.2) is 8.42 Å². The van der Waals surface area contributed by atoms with Crippen LogP contribution in [0, 0.1) is 6.92 Å². The zero-order valence-corrected chi connectivity index (χ0v) is 17.4. The van der Waals surface area contributed by atoms with E-state index in [1.165, 1.54) is 6.07 Å². The third-order valence-corrected chi connectivity index (χ3v) is 6.33. The number of halogens is 1. The van der Waals surface area contributed by atoms with Gasteiger partial charge in [-0.1, -0.05) is 29.8 Å². The van der Waals surface area contributed by atoms with Gasteiger partial charge in [0.2, 0.25) is 6.79 Å². The minimum atomic E-state index is -3.92. The van der Waals surface area contributed by atoms with Crippen LogP contribution < -0.4 is 19.5 Å². The number of carbonyl (C=O) groups excluding carboxylic acids is 1. The molecule has 3 aromatic rings. The Morgan fingerprint density at radius 1 is 1.00 bits per heavy atom. The molecule has 0 saturated carbocycles. The molecule has 0 radical (unpaired) electrons. The second-order valence-corrected chi connectivity index (χ2v) is 8.65. The number of anilines is 2. The molecule has 7 nitrogen and oxygen atoms in total. The number of aryl methyl sites for hydroxylation is 1. The van der Waals surface area contributed by atoms with Crippen LogP contribution in [-0.2, 0) is 10.0 Å². The molecule has 0 atom stereocenters. The second-order valence-electron chi connectivity index (χ2n) is 6.59. The van der Waals surface area contributed by atoms with Gasteiger partial charge >= 0.3 is 0 Å². The molecule has 0 spiro atoms. The average molecular weight is 445 g/mol. The molecule has 1 amide bonds. The summed E-state index contributed by atoms with van der Waals surface area (Å²) in [7, 11) is -3.92. The first-order chi connectivity index (χ1) is 14.3. The predicted octanol–water partition coefficient (Wildman–Crippen LogP) is 4.43. The highest BCUT2D eigenvalue weighted by Gasteiger charge is 2.20. The standard InChI is InChI=1S/C21H17ClN2O5S/c1-13-6-8-15(23-21(25)14-7-9-18-19(10-14)29-12-28-18)11-20(13)30(26,27)24-17-5-3-2-4-16(17)22/h2-11,24H,12H2,1H3,(H,23,25). The van der Waals surface area contributed by atoms with Gasteiger partial charge in [0.15, 0.2) is 11.5 Å². The molecule has 0 unspecified atom stereocenters. The van der Waals surface area contributed by atoms with Crippen LogP contribution in [0.3, 0.4) is 0 Å². The topological polar surface area (TPSA) is 93.7 Å². The van der Waals surface area contributed by atoms with Crippen LogP contribution in [0.5, 0.6) is 11.5 Å². The lowest BCUT2D eigenvalue weighted by Crippen LogP contribution is -2.16. The molecule has 1 aliphatic heterocycles. The van der Waals surface area contributed by atoms with E-state index in [4.69, 9.17) is 21.1 Å². The van der Waals surface area contributed by atoms with Crippen molar-refractivity contribution in [3.8, 4) is 11.5 Å². The quantitative estimate of drug-likeness (QED) is 0.607. The van der Waals surface area contributed by atoms with Gasteiger partial charge in [-0.15, -0.1) is 0 Å². The SMILES string of the molecule is Cc1ccc(NC(=O)c2ccc3c(c2)OCO3)cc1S(=O)(=O)Nc1ccccc1Cl. The fourth-order valence-corrected chi connectivity index (χ4v) is 4.54. The summed E-state index contributed by atoms with van der Waals surface area (Å²) < 4.78 is 38.8. The maximum atomic E-state index is 12.9. The fourth-order valence-electron chi connectivity index (χ4n) is 2.95. The Morgan fingerprint density at radius 3 is 2.57 bits per heavy atom. The second kappa shape index (κ2) is 7.89. The van der Waals surface area contributed by atoms with Gasteiger partial charge in [0.1, 0.15) is 0 Å². The van der Waals surface area contributed by atoms with Crippen molar-refractivity contribution in [1.29, 1.82) is 0 Å². The van der Waals surface area contributed by atoms with Crippen molar-refractivity contribution < 1.29 is 22.7 Å². The largest absolute Gasteiger partial charge is 0.454 e. The summed E-state index contributed by atoms with van der Waals surface area (Å²) in [6.07, 6.45) is 0. The Kier molecular flexibility index (Phi) is 5.27. The summed E-state index contributed by atoms with van der Waals surface area (Å²) >= 11 is 6.06. The van der Waals surface area contributed by atoms with E-state index >= 15 is 0 Å². The Balaban J connectivity index is 1.58. The number of nitrogens with one attached hydrogen (secondary N) is 2. The molecular weight excluding hydrogens is 428 g/mol. The maximum absolute atomic E-state index is 12.9. The molecule has 154 valence electrons. The Hall–Kier alpha value is -3.23. The van der Waals surface area contributed by atoms with E-state index in [2.05, 4.69) is 10.0 Å². The number of hydrogen-bond acceptors (Lipinski definition) is 5. The monoisotopic (exact) mass is 444 g/mol. The number of fused-ring (bicyclic) bond motifs is 1. The van der Waals surface area contributed by atoms with Crippen LogP contribution in [0.2, 0.25) is 5.02 Å². The van der Waals surface area contributed by atoms with E-state index in [1.54, 1.807) is 61.5 Å². The van der Waals surface area contributed by atoms with Gasteiger partial charge in [-0.2, -0.15) is 0 Å². The fraction of sp³-hybridized carbons (Fsp3) is 0.0952. The molecule has 0 aliphatic carbocycles. The molecule has 9 heteroatoms. The highest BCUT2D eigenvalue weighted by molar-refractivity contribution is 7.92. The lowest BCUT2D eigenvalue weighted by Gasteiger charge is -2.13. The lowest BCUT2D eigenvalue weighted by atomic mass is 10.1. The molecule has 2 N–H and O–H groups in total. The molecule has 0 fully saturated rings. The van der Waals surface area contributed by atoms with Crippen LogP contribution in [-0.4, -0.2) is 21.1 Å². The molecule has 1 aliphatic rings. The summed E-state index contributed by atoms with van der Waals surface area (Å²) in [4.78, 5) is 12.6. The maximum Gasteiger partial charge on any atom is 0.262 e. The molecule has 4 rings (SSSR count). The van der Waals surface area contributed by atoms with Crippen molar-refractivity contribution in [2.24, 2.45) is 0 Å². The van der Waals surface area contributed by atoms with Gasteiger partial charge in [0.25, 0.3) is 15.9 Å². The van der Waals surface area contributed by atoms with Crippen LogP contribution in [0.4, 0.5) is 11.4 Å². The van der Waals surface area contributed by atoms with Crippen LogP contribution in [0.25, 0.3) is 0 Å². The first kappa shape index (κ1) is 20.1. The minimum Gasteiger partial charge on any atom is -0.454 e. The summed E-state index contributed by atoms with van der Waals surface area (Å²) in [5, 5.41) is 2.99. The number of amides is 1. The third kappa shape index (κ3) is 4.05. The molecular formula is C21H17ClN2O5S. The molecule has 3 aromatic carbocycles. The smallest absolute Gasteiger partial charge is 0.262 e. The molecule has 0 saturated heterocycles. The highest BCUT2D eigenvalue weighted by atomic mass is 35.5. The molecule has 0 bridgehead atoms. The molecule has 30 heavy (non-hydrogen) atoms. The van der Waals surface area contributed by atoms with E-state index in [0.29, 0.717) is 28.3 Å². The van der Waals surface area contributed by atoms with E-state index < -0.39 is 15.9 Å². The van der Waals surface area contributed by atoms with E-state index in [1.807, 2.05) is 0 Å². The first-order valence-corrected chi connectivity index (χ1v) is 10.8. The van der Waals surface area contributed by atoms with E-state index in [0.717, 1.165) is 0 Å². The van der Waals surface area contributed by atoms with Crippen molar-refractivity contribution in [2.75, 3.05) is 16.8 Å². The number of ether oxygens (including phenoxy) is 2. The van der Waals surface area contributed by atoms with Crippen LogP contribution in [0.15, 0.2) is 65.6 Å². The lowest BCUT2D eigenvalue weighted by molar-refractivity contribution is 0.102.